The lowest BCUT2D eigenvalue weighted by Gasteiger charge is -2.28. The van der Waals surface area contributed by atoms with Gasteiger partial charge in [-0.3, -0.25) is 9.69 Å². The van der Waals surface area contributed by atoms with Crippen LogP contribution in [-0.2, 0) is 4.74 Å². The lowest BCUT2D eigenvalue weighted by molar-refractivity contribution is 0.0816. The molecule has 0 radical (unpaired) electrons. The van der Waals surface area contributed by atoms with E-state index < -0.39 is 0 Å². The molecule has 0 saturated heterocycles. The Kier molecular flexibility index (Phi) is 5.26. The molecule has 0 spiro atoms. The minimum atomic E-state index is -0.366. The van der Waals surface area contributed by atoms with E-state index >= 15 is 0 Å². The molecule has 1 unspecified atom stereocenters. The van der Waals surface area contributed by atoms with Crippen molar-refractivity contribution < 1.29 is 13.9 Å². The van der Waals surface area contributed by atoms with Crippen molar-refractivity contribution in [1.29, 1.82) is 0 Å². The lowest BCUT2D eigenvalue weighted by Crippen LogP contribution is -2.40. The first-order valence-electron chi connectivity index (χ1n) is 7.13. The summed E-state index contributed by atoms with van der Waals surface area (Å²) in [7, 11) is 1.66. The Bertz CT molecular complexity index is 460. The molecule has 0 heterocycles. The van der Waals surface area contributed by atoms with Crippen LogP contribution < -0.4 is 0 Å². The quantitative estimate of drug-likeness (QED) is 0.685. The van der Waals surface area contributed by atoms with E-state index in [0.717, 1.165) is 6.54 Å². The second-order valence-electron chi connectivity index (χ2n) is 5.47. The normalized spacial score (nSPS) is 16.4. The summed E-state index contributed by atoms with van der Waals surface area (Å²) >= 11 is 0. The molecule has 4 heteroatoms. The maximum absolute atomic E-state index is 13.2. The van der Waals surface area contributed by atoms with Crippen LogP contribution in [0.4, 0.5) is 4.39 Å². The van der Waals surface area contributed by atoms with Gasteiger partial charge in [0.05, 0.1) is 13.2 Å². The van der Waals surface area contributed by atoms with Crippen LogP contribution >= 0.6 is 0 Å². The monoisotopic (exact) mass is 279 g/mol. The third-order valence-electron chi connectivity index (χ3n) is 3.96. The van der Waals surface area contributed by atoms with Crippen LogP contribution in [-0.4, -0.2) is 43.5 Å². The fourth-order valence-electron chi connectivity index (χ4n) is 2.45. The lowest BCUT2D eigenvalue weighted by atomic mass is 10.1. The minimum Gasteiger partial charge on any atom is -0.383 e. The van der Waals surface area contributed by atoms with Crippen molar-refractivity contribution in [3.63, 3.8) is 0 Å². The first kappa shape index (κ1) is 15.1. The van der Waals surface area contributed by atoms with E-state index in [1.165, 1.54) is 25.0 Å². The zero-order valence-corrected chi connectivity index (χ0v) is 12.1. The van der Waals surface area contributed by atoms with Gasteiger partial charge in [-0.05, 0) is 37.8 Å². The van der Waals surface area contributed by atoms with E-state index in [0.29, 0.717) is 30.7 Å². The second kappa shape index (κ2) is 6.95. The summed E-state index contributed by atoms with van der Waals surface area (Å²) < 4.78 is 18.3. The Morgan fingerprint density at radius 2 is 2.25 bits per heavy atom. The van der Waals surface area contributed by atoms with Gasteiger partial charge in [-0.1, -0.05) is 12.1 Å². The number of hydrogen-bond donors (Lipinski definition) is 0. The SMILES string of the molecule is COCCN(CC(=O)c1cccc(F)c1)C(C)C1CC1. The topological polar surface area (TPSA) is 29.5 Å². The third kappa shape index (κ3) is 4.12. The van der Waals surface area contributed by atoms with E-state index in [1.807, 2.05) is 0 Å². The van der Waals surface area contributed by atoms with Crippen molar-refractivity contribution in [2.24, 2.45) is 5.92 Å². The summed E-state index contributed by atoms with van der Waals surface area (Å²) in [6.45, 7) is 3.82. The molecule has 20 heavy (non-hydrogen) atoms. The van der Waals surface area contributed by atoms with Crippen molar-refractivity contribution in [1.82, 2.24) is 4.90 Å². The van der Waals surface area contributed by atoms with Crippen molar-refractivity contribution in [3.8, 4) is 0 Å². The van der Waals surface area contributed by atoms with E-state index in [-0.39, 0.29) is 11.6 Å². The number of carbonyl (C=O) groups excluding carboxylic acids is 1. The zero-order valence-electron chi connectivity index (χ0n) is 12.1. The number of halogens is 1. The highest BCUT2D eigenvalue weighted by Gasteiger charge is 2.32. The predicted molar refractivity (Wildman–Crippen MR) is 76.4 cm³/mol. The van der Waals surface area contributed by atoms with Gasteiger partial charge in [-0.15, -0.1) is 0 Å². The smallest absolute Gasteiger partial charge is 0.176 e. The first-order chi connectivity index (χ1) is 9.61. The Morgan fingerprint density at radius 1 is 1.50 bits per heavy atom. The van der Waals surface area contributed by atoms with Crippen molar-refractivity contribution in [2.75, 3.05) is 26.8 Å². The third-order valence-corrected chi connectivity index (χ3v) is 3.96. The fourth-order valence-corrected chi connectivity index (χ4v) is 2.45. The van der Waals surface area contributed by atoms with Crippen LogP contribution in [0.25, 0.3) is 0 Å². The summed E-state index contributed by atoms with van der Waals surface area (Å²) in [6, 6.07) is 6.28. The Hall–Kier alpha value is -1.26. The number of benzene rings is 1. The number of carbonyl (C=O) groups is 1. The Balaban J connectivity index is 2.00. The molecular weight excluding hydrogens is 257 g/mol. The van der Waals surface area contributed by atoms with Crippen LogP contribution in [0.5, 0.6) is 0 Å². The molecule has 1 aromatic carbocycles. The molecule has 1 aromatic rings. The highest BCUT2D eigenvalue weighted by molar-refractivity contribution is 5.97. The molecule has 2 rings (SSSR count). The van der Waals surface area contributed by atoms with E-state index in [2.05, 4.69) is 11.8 Å². The van der Waals surface area contributed by atoms with Crippen LogP contribution in [0.15, 0.2) is 24.3 Å². The van der Waals surface area contributed by atoms with Gasteiger partial charge in [0.25, 0.3) is 0 Å². The summed E-state index contributed by atoms with van der Waals surface area (Å²) in [6.07, 6.45) is 2.47. The van der Waals surface area contributed by atoms with Gasteiger partial charge >= 0.3 is 0 Å². The van der Waals surface area contributed by atoms with Gasteiger partial charge in [-0.25, -0.2) is 4.39 Å². The largest absolute Gasteiger partial charge is 0.383 e. The number of hydrogen-bond acceptors (Lipinski definition) is 3. The Labute approximate surface area is 119 Å². The summed E-state index contributed by atoms with van der Waals surface area (Å²) in [4.78, 5) is 14.4. The maximum atomic E-state index is 13.2. The van der Waals surface area contributed by atoms with Crippen molar-refractivity contribution in [3.05, 3.63) is 35.6 Å². The van der Waals surface area contributed by atoms with Crippen LogP contribution in [0, 0.1) is 11.7 Å². The van der Waals surface area contributed by atoms with Crippen LogP contribution in [0.3, 0.4) is 0 Å². The summed E-state index contributed by atoms with van der Waals surface area (Å²) in [5.74, 6) is 0.287. The van der Waals surface area contributed by atoms with Gasteiger partial charge in [0.15, 0.2) is 5.78 Å². The molecule has 1 saturated carbocycles. The second-order valence-corrected chi connectivity index (χ2v) is 5.47. The average molecular weight is 279 g/mol. The molecule has 0 bridgehead atoms. The van der Waals surface area contributed by atoms with Crippen LogP contribution in [0.1, 0.15) is 30.1 Å². The van der Waals surface area contributed by atoms with Gasteiger partial charge in [0, 0.05) is 25.3 Å². The molecule has 1 aliphatic rings. The van der Waals surface area contributed by atoms with Crippen LogP contribution in [0.2, 0.25) is 0 Å². The first-order valence-corrected chi connectivity index (χ1v) is 7.13. The maximum Gasteiger partial charge on any atom is 0.176 e. The molecule has 3 nitrogen and oxygen atoms in total. The van der Waals surface area contributed by atoms with Crippen molar-refractivity contribution in [2.45, 2.75) is 25.8 Å². The van der Waals surface area contributed by atoms with Gasteiger partial charge in [0.2, 0.25) is 0 Å². The molecule has 1 aliphatic carbocycles. The number of ketones is 1. The number of nitrogens with zero attached hydrogens (tertiary/aromatic N) is 1. The number of Topliss-reactive ketones (excluding diaryl/α,β-unsaturated/α-hetero) is 1. The standard InChI is InChI=1S/C16H22FNO2/c1-12(13-6-7-13)18(8-9-20-2)11-16(19)14-4-3-5-15(17)10-14/h3-5,10,12-13H,6-9,11H2,1-2H3. The predicted octanol–water partition coefficient (Wildman–Crippen LogP) is 2.76. The number of ether oxygens (including phenoxy) is 1. The average Bonchev–Trinajstić information content (AvgIpc) is 3.27. The highest BCUT2D eigenvalue weighted by Crippen LogP contribution is 2.35. The fraction of sp³-hybridized carbons (Fsp3) is 0.562. The van der Waals surface area contributed by atoms with E-state index in [4.69, 9.17) is 4.74 Å². The summed E-state index contributed by atoms with van der Waals surface area (Å²) in [5.41, 5.74) is 0.440. The molecule has 110 valence electrons. The van der Waals surface area contributed by atoms with Gasteiger partial charge in [-0.2, -0.15) is 0 Å². The molecule has 1 atom stereocenters. The number of methoxy groups -OCH3 is 1. The Morgan fingerprint density at radius 3 is 2.85 bits per heavy atom. The molecule has 0 aromatic heterocycles. The van der Waals surface area contributed by atoms with Gasteiger partial charge in [0.1, 0.15) is 5.82 Å². The zero-order chi connectivity index (χ0) is 14.5. The molecule has 0 amide bonds. The van der Waals surface area contributed by atoms with E-state index in [9.17, 15) is 9.18 Å². The van der Waals surface area contributed by atoms with E-state index in [1.54, 1.807) is 19.2 Å². The molecular formula is C16H22FNO2. The molecule has 0 aliphatic heterocycles. The minimum absolute atomic E-state index is 0.0342. The van der Waals surface area contributed by atoms with Crippen molar-refractivity contribution >= 4 is 5.78 Å². The van der Waals surface area contributed by atoms with Gasteiger partial charge < -0.3 is 4.74 Å². The molecule has 0 N–H and O–H groups in total. The highest BCUT2D eigenvalue weighted by atomic mass is 19.1. The summed E-state index contributed by atoms with van der Waals surface area (Å²) in [5, 5.41) is 0. The number of rotatable bonds is 8. The molecule has 1 fully saturated rings.